The molecule has 0 unspecified atom stereocenters. The molecule has 0 radical (unpaired) electrons. The molecule has 8 heteroatoms. The van der Waals surface area contributed by atoms with Crippen LogP contribution in [-0.2, 0) is 26.3 Å². The van der Waals surface area contributed by atoms with Gasteiger partial charge in [-0.1, -0.05) is 30.7 Å². The molecule has 0 aliphatic heterocycles. The van der Waals surface area contributed by atoms with Gasteiger partial charge in [-0.15, -0.1) is 11.8 Å². The van der Waals surface area contributed by atoms with Gasteiger partial charge in [-0.2, -0.15) is 0 Å². The van der Waals surface area contributed by atoms with Crippen LogP contribution < -0.4 is 11.2 Å². The second-order valence-corrected chi connectivity index (χ2v) is 7.02. The number of halogens is 1. The minimum atomic E-state index is -0.399. The van der Waals surface area contributed by atoms with Crippen molar-refractivity contribution in [2.45, 2.75) is 24.1 Å². The van der Waals surface area contributed by atoms with E-state index >= 15 is 0 Å². The Bertz CT molecular complexity index is 1070. The van der Waals surface area contributed by atoms with E-state index in [0.29, 0.717) is 39.1 Å². The highest BCUT2D eigenvalue weighted by atomic mass is 35.5. The maximum absolute atomic E-state index is 12.6. The summed E-state index contributed by atoms with van der Waals surface area (Å²) in [6.07, 6.45) is 0.615. The number of hydrogen-bond donors (Lipinski definition) is 0. The summed E-state index contributed by atoms with van der Waals surface area (Å²) in [5.41, 5.74) is 0.621. The van der Waals surface area contributed by atoms with Crippen molar-refractivity contribution in [3.05, 3.63) is 61.5 Å². The van der Waals surface area contributed by atoms with Crippen LogP contribution in [0.3, 0.4) is 0 Å². The summed E-state index contributed by atoms with van der Waals surface area (Å²) in [4.78, 5) is 33.7. The standard InChI is InChI=1S/C17H17ClN4O2S/c1-4-12-19-14-13(16(23)22(3)17(24)21(14)2)15(20-12)25-9-10-6-5-7-11(18)8-10/h5-8H,4,9H2,1-3H3. The summed E-state index contributed by atoms with van der Waals surface area (Å²) in [7, 11) is 3.07. The molecule has 0 N–H and O–H groups in total. The molecular formula is C17H17ClN4O2S. The third-order valence-electron chi connectivity index (χ3n) is 3.89. The van der Waals surface area contributed by atoms with Crippen LogP contribution in [0.15, 0.2) is 38.9 Å². The zero-order chi connectivity index (χ0) is 18.1. The third kappa shape index (κ3) is 3.34. The number of thioether (sulfide) groups is 1. The molecule has 1 aromatic carbocycles. The van der Waals surface area contributed by atoms with Gasteiger partial charge in [-0.3, -0.25) is 13.9 Å². The molecule has 3 rings (SSSR count). The molecule has 130 valence electrons. The average Bonchev–Trinajstić information content (AvgIpc) is 2.62. The van der Waals surface area contributed by atoms with E-state index in [2.05, 4.69) is 9.97 Å². The molecule has 0 saturated heterocycles. The van der Waals surface area contributed by atoms with Gasteiger partial charge in [0, 0.05) is 31.3 Å². The molecule has 0 saturated carbocycles. The number of hydrogen-bond acceptors (Lipinski definition) is 5. The summed E-state index contributed by atoms with van der Waals surface area (Å²) in [6, 6.07) is 7.55. The van der Waals surface area contributed by atoms with Crippen molar-refractivity contribution in [3.63, 3.8) is 0 Å². The molecule has 0 atom stereocenters. The largest absolute Gasteiger partial charge is 0.332 e. The molecule has 0 aliphatic carbocycles. The number of benzene rings is 1. The van der Waals surface area contributed by atoms with E-state index in [4.69, 9.17) is 11.6 Å². The number of aryl methyl sites for hydroxylation is 2. The number of rotatable bonds is 4. The predicted molar refractivity (Wildman–Crippen MR) is 100 cm³/mol. The highest BCUT2D eigenvalue weighted by Gasteiger charge is 2.17. The van der Waals surface area contributed by atoms with Gasteiger partial charge >= 0.3 is 5.69 Å². The van der Waals surface area contributed by atoms with E-state index in [0.717, 1.165) is 10.1 Å². The Morgan fingerprint density at radius 3 is 2.60 bits per heavy atom. The van der Waals surface area contributed by atoms with Gasteiger partial charge in [0.2, 0.25) is 0 Å². The Hall–Kier alpha value is -2.12. The molecule has 6 nitrogen and oxygen atoms in total. The highest BCUT2D eigenvalue weighted by Crippen LogP contribution is 2.26. The van der Waals surface area contributed by atoms with E-state index in [1.807, 2.05) is 31.2 Å². The van der Waals surface area contributed by atoms with E-state index in [-0.39, 0.29) is 5.56 Å². The van der Waals surface area contributed by atoms with Crippen LogP contribution in [0, 0.1) is 0 Å². The zero-order valence-electron chi connectivity index (χ0n) is 14.1. The summed E-state index contributed by atoms with van der Waals surface area (Å²) >= 11 is 7.47. The van der Waals surface area contributed by atoms with Crippen molar-refractivity contribution >= 4 is 34.4 Å². The average molecular weight is 377 g/mol. The first-order chi connectivity index (χ1) is 11.9. The van der Waals surface area contributed by atoms with E-state index in [1.165, 1.54) is 23.4 Å². The predicted octanol–water partition coefficient (Wildman–Crippen LogP) is 2.54. The maximum Gasteiger partial charge on any atom is 0.332 e. The lowest BCUT2D eigenvalue weighted by Crippen LogP contribution is -2.37. The summed E-state index contributed by atoms with van der Waals surface area (Å²) in [5, 5.41) is 1.62. The highest BCUT2D eigenvalue weighted by molar-refractivity contribution is 7.98. The van der Waals surface area contributed by atoms with Crippen LogP contribution in [0.2, 0.25) is 5.02 Å². The molecule has 0 spiro atoms. The Labute approximate surface area is 153 Å². The number of aromatic nitrogens is 4. The van der Waals surface area contributed by atoms with Crippen LogP contribution in [0.5, 0.6) is 0 Å². The first-order valence-electron chi connectivity index (χ1n) is 7.76. The van der Waals surface area contributed by atoms with Gasteiger partial charge in [0.1, 0.15) is 16.2 Å². The number of fused-ring (bicyclic) bond motifs is 1. The first kappa shape index (κ1) is 17.7. The van der Waals surface area contributed by atoms with Gasteiger partial charge in [0.25, 0.3) is 5.56 Å². The lowest BCUT2D eigenvalue weighted by molar-refractivity contribution is 0.698. The van der Waals surface area contributed by atoms with Crippen molar-refractivity contribution in [1.29, 1.82) is 0 Å². The van der Waals surface area contributed by atoms with Crippen molar-refractivity contribution < 1.29 is 0 Å². The van der Waals surface area contributed by atoms with Crippen molar-refractivity contribution in [1.82, 2.24) is 19.1 Å². The molecule has 0 fully saturated rings. The van der Waals surface area contributed by atoms with Crippen molar-refractivity contribution in [3.8, 4) is 0 Å². The molecule has 25 heavy (non-hydrogen) atoms. The molecular weight excluding hydrogens is 360 g/mol. The summed E-state index contributed by atoms with van der Waals surface area (Å²) in [5.74, 6) is 1.21. The Morgan fingerprint density at radius 2 is 1.92 bits per heavy atom. The second kappa shape index (κ2) is 7.01. The van der Waals surface area contributed by atoms with Crippen LogP contribution >= 0.6 is 23.4 Å². The van der Waals surface area contributed by atoms with Gasteiger partial charge in [0.05, 0.1) is 0 Å². The fourth-order valence-corrected chi connectivity index (χ4v) is 3.70. The lowest BCUT2D eigenvalue weighted by atomic mass is 10.2. The molecule has 2 heterocycles. The normalized spacial score (nSPS) is 11.2. The van der Waals surface area contributed by atoms with Crippen LogP contribution in [0.1, 0.15) is 18.3 Å². The Morgan fingerprint density at radius 1 is 1.16 bits per heavy atom. The second-order valence-electron chi connectivity index (χ2n) is 5.62. The SMILES string of the molecule is CCc1nc(SCc2cccc(Cl)c2)c2c(=O)n(C)c(=O)n(C)c2n1. The summed E-state index contributed by atoms with van der Waals surface area (Å²) < 4.78 is 2.47. The maximum atomic E-state index is 12.6. The zero-order valence-corrected chi connectivity index (χ0v) is 15.7. The van der Waals surface area contributed by atoms with E-state index in [9.17, 15) is 9.59 Å². The van der Waals surface area contributed by atoms with Crippen LogP contribution in [0.25, 0.3) is 11.0 Å². The van der Waals surface area contributed by atoms with Gasteiger partial charge < -0.3 is 0 Å². The quantitative estimate of drug-likeness (QED) is 0.517. The first-order valence-corrected chi connectivity index (χ1v) is 9.12. The molecule has 0 bridgehead atoms. The number of nitrogens with zero attached hydrogens (tertiary/aromatic N) is 4. The topological polar surface area (TPSA) is 69.8 Å². The minimum Gasteiger partial charge on any atom is -0.280 e. The van der Waals surface area contributed by atoms with Crippen LogP contribution in [0.4, 0.5) is 0 Å². The monoisotopic (exact) mass is 376 g/mol. The Balaban J connectivity index is 2.16. The van der Waals surface area contributed by atoms with Gasteiger partial charge in [-0.05, 0) is 17.7 Å². The van der Waals surface area contributed by atoms with E-state index < -0.39 is 5.69 Å². The van der Waals surface area contributed by atoms with Crippen molar-refractivity contribution in [2.24, 2.45) is 14.1 Å². The van der Waals surface area contributed by atoms with E-state index in [1.54, 1.807) is 7.05 Å². The third-order valence-corrected chi connectivity index (χ3v) is 5.18. The van der Waals surface area contributed by atoms with Gasteiger partial charge in [0.15, 0.2) is 5.65 Å². The fourth-order valence-electron chi connectivity index (χ4n) is 2.51. The Kier molecular flexibility index (Phi) is 4.96. The van der Waals surface area contributed by atoms with Gasteiger partial charge in [-0.25, -0.2) is 14.8 Å². The molecule has 3 aromatic rings. The summed E-state index contributed by atoms with van der Waals surface area (Å²) in [6.45, 7) is 1.94. The lowest BCUT2D eigenvalue weighted by Gasteiger charge is -2.11. The molecule has 2 aromatic heterocycles. The minimum absolute atomic E-state index is 0.369. The molecule has 0 amide bonds. The fraction of sp³-hybridized carbons (Fsp3) is 0.294. The smallest absolute Gasteiger partial charge is 0.280 e. The van der Waals surface area contributed by atoms with Crippen LogP contribution in [-0.4, -0.2) is 19.1 Å². The van der Waals surface area contributed by atoms with Crippen molar-refractivity contribution in [2.75, 3.05) is 0 Å². The molecule has 0 aliphatic rings.